The van der Waals surface area contributed by atoms with Gasteiger partial charge in [-0.1, -0.05) is 0 Å². The minimum atomic E-state index is 0.780. The summed E-state index contributed by atoms with van der Waals surface area (Å²) in [7, 11) is 5.24. The highest BCUT2D eigenvalue weighted by Crippen LogP contribution is 2.25. The molecule has 1 aromatic carbocycles. The summed E-state index contributed by atoms with van der Waals surface area (Å²) in [5.74, 6) is 1.56. The second-order valence-corrected chi connectivity index (χ2v) is 4.22. The Balaban J connectivity index is 1.97. The Morgan fingerprint density at radius 3 is 2.37 bits per heavy atom. The normalized spacial score (nSPS) is 10.3. The molecule has 2 aromatic rings. The fraction of sp³-hybridized carbons (Fsp3) is 0.357. The molecule has 0 radical (unpaired) electrons. The predicted molar refractivity (Wildman–Crippen MR) is 74.9 cm³/mol. The van der Waals surface area contributed by atoms with Crippen molar-refractivity contribution in [2.75, 3.05) is 26.1 Å². The Hall–Kier alpha value is -2.17. The minimum absolute atomic E-state index is 0.780. The lowest BCUT2D eigenvalue weighted by atomic mass is 10.2. The molecule has 0 amide bonds. The number of hydrogen-bond donors (Lipinski definition) is 1. The number of hydrogen-bond acceptors (Lipinski definition) is 4. The number of anilines is 1. The first-order valence-corrected chi connectivity index (χ1v) is 6.16. The summed E-state index contributed by atoms with van der Waals surface area (Å²) in [6, 6.07) is 7.78. The van der Waals surface area contributed by atoms with Gasteiger partial charge in [0.05, 0.1) is 14.2 Å². The fourth-order valence-electron chi connectivity index (χ4n) is 1.89. The van der Waals surface area contributed by atoms with E-state index in [9.17, 15) is 0 Å². The van der Waals surface area contributed by atoms with E-state index in [1.165, 1.54) is 5.69 Å². The number of methoxy groups -OCH3 is 2. The van der Waals surface area contributed by atoms with Gasteiger partial charge in [-0.3, -0.25) is 4.68 Å². The van der Waals surface area contributed by atoms with Gasteiger partial charge in [-0.25, -0.2) is 0 Å². The Labute approximate surface area is 113 Å². The molecule has 0 saturated carbocycles. The van der Waals surface area contributed by atoms with Gasteiger partial charge in [0.15, 0.2) is 0 Å². The molecule has 5 heteroatoms. The van der Waals surface area contributed by atoms with Crippen molar-refractivity contribution in [3.05, 3.63) is 36.2 Å². The lowest BCUT2D eigenvalue weighted by Gasteiger charge is -2.10. The van der Waals surface area contributed by atoms with Crippen molar-refractivity contribution in [1.29, 1.82) is 0 Å². The van der Waals surface area contributed by atoms with Crippen LogP contribution in [0.5, 0.6) is 11.5 Å². The van der Waals surface area contributed by atoms with Gasteiger partial charge < -0.3 is 14.8 Å². The molecule has 0 spiro atoms. The molecule has 0 unspecified atom stereocenters. The zero-order chi connectivity index (χ0) is 13.7. The first-order chi connectivity index (χ1) is 9.22. The van der Waals surface area contributed by atoms with Crippen LogP contribution < -0.4 is 14.8 Å². The first-order valence-electron chi connectivity index (χ1n) is 6.16. The number of nitrogens with one attached hydrogen (secondary N) is 1. The maximum absolute atomic E-state index is 5.23. The van der Waals surface area contributed by atoms with E-state index in [1.54, 1.807) is 14.2 Å². The van der Waals surface area contributed by atoms with E-state index in [1.807, 2.05) is 42.2 Å². The molecule has 0 aliphatic rings. The largest absolute Gasteiger partial charge is 0.497 e. The molecule has 0 bridgehead atoms. The second-order valence-electron chi connectivity index (χ2n) is 4.22. The molecule has 0 saturated heterocycles. The Kier molecular flexibility index (Phi) is 4.28. The van der Waals surface area contributed by atoms with Gasteiger partial charge in [-0.15, -0.1) is 0 Å². The molecule has 1 aromatic heterocycles. The molecule has 1 N–H and O–H groups in total. The minimum Gasteiger partial charge on any atom is -0.497 e. The molecular weight excluding hydrogens is 242 g/mol. The fourth-order valence-corrected chi connectivity index (χ4v) is 1.89. The number of aryl methyl sites for hydroxylation is 1. The average molecular weight is 261 g/mol. The van der Waals surface area contributed by atoms with Crippen molar-refractivity contribution in [2.45, 2.75) is 6.42 Å². The lowest BCUT2D eigenvalue weighted by molar-refractivity contribution is 0.394. The van der Waals surface area contributed by atoms with E-state index in [4.69, 9.17) is 9.47 Å². The van der Waals surface area contributed by atoms with Gasteiger partial charge in [0.2, 0.25) is 0 Å². The highest BCUT2D eigenvalue weighted by molar-refractivity contribution is 5.53. The number of rotatable bonds is 6. The molecule has 2 rings (SSSR count). The number of benzene rings is 1. The van der Waals surface area contributed by atoms with Crippen LogP contribution in [0.15, 0.2) is 30.5 Å². The van der Waals surface area contributed by atoms with Crippen LogP contribution in [0.3, 0.4) is 0 Å². The molecule has 0 fully saturated rings. The van der Waals surface area contributed by atoms with Crippen molar-refractivity contribution in [3.63, 3.8) is 0 Å². The smallest absolute Gasteiger partial charge is 0.124 e. The summed E-state index contributed by atoms with van der Waals surface area (Å²) < 4.78 is 12.4. The predicted octanol–water partition coefficient (Wildman–Crippen LogP) is 2.09. The van der Waals surface area contributed by atoms with Crippen LogP contribution in [0, 0.1) is 0 Å². The zero-order valence-corrected chi connectivity index (χ0v) is 11.5. The second kappa shape index (κ2) is 6.13. The summed E-state index contributed by atoms with van der Waals surface area (Å²) >= 11 is 0. The Morgan fingerprint density at radius 2 is 1.84 bits per heavy atom. The third kappa shape index (κ3) is 3.40. The quantitative estimate of drug-likeness (QED) is 0.865. The van der Waals surface area contributed by atoms with Gasteiger partial charge >= 0.3 is 0 Å². The molecule has 1 heterocycles. The molecule has 0 aliphatic heterocycles. The topological polar surface area (TPSA) is 48.3 Å². The van der Waals surface area contributed by atoms with Crippen LogP contribution in [0.4, 0.5) is 5.69 Å². The van der Waals surface area contributed by atoms with Crippen molar-refractivity contribution in [1.82, 2.24) is 9.78 Å². The van der Waals surface area contributed by atoms with Crippen molar-refractivity contribution < 1.29 is 9.47 Å². The maximum Gasteiger partial charge on any atom is 0.124 e. The summed E-state index contributed by atoms with van der Waals surface area (Å²) in [6.07, 6.45) is 2.72. The SMILES string of the molecule is COc1cc(NCCc2ccnn2C)cc(OC)c1. The molecule has 5 nitrogen and oxygen atoms in total. The molecule has 19 heavy (non-hydrogen) atoms. The summed E-state index contributed by atoms with van der Waals surface area (Å²) in [5, 5.41) is 7.50. The maximum atomic E-state index is 5.23. The van der Waals surface area contributed by atoms with Crippen LogP contribution in [0.1, 0.15) is 5.69 Å². The number of nitrogens with zero attached hydrogens (tertiary/aromatic N) is 2. The average Bonchev–Trinajstić information content (AvgIpc) is 2.84. The van der Waals surface area contributed by atoms with Gasteiger partial charge in [0, 0.05) is 55.8 Å². The monoisotopic (exact) mass is 261 g/mol. The van der Waals surface area contributed by atoms with Crippen molar-refractivity contribution in [3.8, 4) is 11.5 Å². The third-order valence-corrected chi connectivity index (χ3v) is 2.98. The zero-order valence-electron chi connectivity index (χ0n) is 11.5. The molecule has 0 aliphatic carbocycles. The molecular formula is C14H19N3O2. The van der Waals surface area contributed by atoms with E-state index >= 15 is 0 Å². The van der Waals surface area contributed by atoms with Crippen molar-refractivity contribution in [2.24, 2.45) is 7.05 Å². The van der Waals surface area contributed by atoms with E-state index in [-0.39, 0.29) is 0 Å². The standard InChI is InChI=1S/C14H19N3O2/c1-17-12(5-7-16-17)4-6-15-11-8-13(18-2)10-14(9-11)19-3/h5,7-10,15H,4,6H2,1-3H3. The summed E-state index contributed by atoms with van der Waals surface area (Å²) in [4.78, 5) is 0. The van der Waals surface area contributed by atoms with E-state index in [2.05, 4.69) is 10.4 Å². The van der Waals surface area contributed by atoms with Crippen LogP contribution in [-0.4, -0.2) is 30.5 Å². The van der Waals surface area contributed by atoms with Crippen LogP contribution >= 0.6 is 0 Å². The van der Waals surface area contributed by atoms with Crippen LogP contribution in [0.25, 0.3) is 0 Å². The van der Waals surface area contributed by atoms with E-state index < -0.39 is 0 Å². The van der Waals surface area contributed by atoms with Gasteiger partial charge in [-0.2, -0.15) is 5.10 Å². The molecule has 0 atom stereocenters. The van der Waals surface area contributed by atoms with E-state index in [0.29, 0.717) is 0 Å². The van der Waals surface area contributed by atoms with Crippen LogP contribution in [0.2, 0.25) is 0 Å². The van der Waals surface area contributed by atoms with Crippen molar-refractivity contribution >= 4 is 5.69 Å². The molecule has 102 valence electrons. The van der Waals surface area contributed by atoms with Gasteiger partial charge in [-0.05, 0) is 6.07 Å². The van der Waals surface area contributed by atoms with Gasteiger partial charge in [0.25, 0.3) is 0 Å². The number of ether oxygens (including phenoxy) is 2. The van der Waals surface area contributed by atoms with Crippen LogP contribution in [-0.2, 0) is 13.5 Å². The number of aromatic nitrogens is 2. The summed E-state index contributed by atoms with van der Waals surface area (Å²) in [5.41, 5.74) is 2.18. The Morgan fingerprint density at radius 1 is 1.16 bits per heavy atom. The lowest BCUT2D eigenvalue weighted by Crippen LogP contribution is -2.08. The third-order valence-electron chi connectivity index (χ3n) is 2.98. The first kappa shape index (κ1) is 13.3. The highest BCUT2D eigenvalue weighted by Gasteiger charge is 2.02. The highest BCUT2D eigenvalue weighted by atomic mass is 16.5. The van der Waals surface area contributed by atoms with Gasteiger partial charge in [0.1, 0.15) is 11.5 Å². The van der Waals surface area contributed by atoms with E-state index in [0.717, 1.165) is 30.2 Å². The summed E-state index contributed by atoms with van der Waals surface area (Å²) in [6.45, 7) is 0.829. The Bertz CT molecular complexity index is 515.